The van der Waals surface area contributed by atoms with Crippen molar-refractivity contribution in [3.8, 4) is 11.5 Å². The van der Waals surface area contributed by atoms with Crippen LogP contribution in [-0.2, 0) is 16.0 Å². The number of carbonyl (C=O) groups excluding carboxylic acids is 2. The molecule has 3 aliphatic rings. The molecule has 4 unspecified atom stereocenters. The molecule has 2 amide bonds. The van der Waals surface area contributed by atoms with E-state index in [1.54, 1.807) is 26.0 Å². The molecule has 0 radical (unpaired) electrons. The largest absolute Gasteiger partial charge is 0.493 e. The minimum absolute atomic E-state index is 0.0122. The third-order valence-corrected chi connectivity index (χ3v) is 8.79. The highest BCUT2D eigenvalue weighted by molar-refractivity contribution is 8.04. The summed E-state index contributed by atoms with van der Waals surface area (Å²) in [5.74, 6) is 1.27. The average Bonchev–Trinajstić information content (AvgIpc) is 2.89. The molecule has 184 valence electrons. The number of carbonyl (C=O) groups is 2. The minimum Gasteiger partial charge on any atom is -0.493 e. The fourth-order valence-electron chi connectivity index (χ4n) is 5.52. The summed E-state index contributed by atoms with van der Waals surface area (Å²) in [5, 5.41) is 6.78. The molecule has 1 heterocycles. The molecule has 2 fully saturated rings. The van der Waals surface area contributed by atoms with Crippen LogP contribution in [0.5, 0.6) is 11.5 Å². The Hall–Kier alpha value is -2.93. The Labute approximate surface area is 210 Å². The molecule has 0 spiro atoms. The molecular formula is C28H32N2O4S. The second-order valence-electron chi connectivity index (χ2n) is 9.52. The van der Waals surface area contributed by atoms with Gasteiger partial charge in [0, 0.05) is 17.2 Å². The van der Waals surface area contributed by atoms with Gasteiger partial charge in [-0.1, -0.05) is 30.3 Å². The maximum absolute atomic E-state index is 13.2. The van der Waals surface area contributed by atoms with Gasteiger partial charge in [0.25, 0.3) is 5.91 Å². The highest BCUT2D eigenvalue weighted by Crippen LogP contribution is 2.41. The van der Waals surface area contributed by atoms with Crippen LogP contribution in [0.2, 0.25) is 0 Å². The van der Waals surface area contributed by atoms with Gasteiger partial charge in [0.1, 0.15) is 0 Å². The van der Waals surface area contributed by atoms with Crippen LogP contribution in [0, 0.1) is 5.92 Å². The number of methoxy groups -OCH3 is 2. The standard InChI is InChI=1S/C28H32N2O4S/c1-33-23-12-10-17(14-24(23)34-2)15-26-28(32)30-22-16-19(11-13-25(22)35-26)27(31)29-21-9-5-7-18-6-3-4-8-20(18)21/h3-4,6,8,10,12,14-15,19,21-22,25H,5,7,9,11,13,16H2,1-2H3,(H,29,31)(H,30,32)/b26-15+. The third-order valence-electron chi connectivity index (χ3n) is 7.37. The van der Waals surface area contributed by atoms with Crippen molar-refractivity contribution in [3.63, 3.8) is 0 Å². The molecule has 4 atom stereocenters. The van der Waals surface area contributed by atoms with E-state index in [1.165, 1.54) is 11.1 Å². The Morgan fingerprint density at radius 3 is 2.74 bits per heavy atom. The van der Waals surface area contributed by atoms with Crippen molar-refractivity contribution in [1.82, 2.24) is 10.6 Å². The van der Waals surface area contributed by atoms with Gasteiger partial charge in [0.2, 0.25) is 5.91 Å². The van der Waals surface area contributed by atoms with E-state index in [9.17, 15) is 9.59 Å². The van der Waals surface area contributed by atoms with Gasteiger partial charge in [0.05, 0.1) is 25.2 Å². The maximum atomic E-state index is 13.2. The molecule has 1 saturated carbocycles. The van der Waals surface area contributed by atoms with E-state index in [4.69, 9.17) is 9.47 Å². The molecule has 1 aliphatic heterocycles. The van der Waals surface area contributed by atoms with Gasteiger partial charge >= 0.3 is 0 Å². The summed E-state index contributed by atoms with van der Waals surface area (Å²) in [6, 6.07) is 14.2. The van der Waals surface area contributed by atoms with Crippen LogP contribution in [0.25, 0.3) is 6.08 Å². The van der Waals surface area contributed by atoms with Crippen LogP contribution >= 0.6 is 11.8 Å². The number of aryl methyl sites for hydroxylation is 1. The van der Waals surface area contributed by atoms with Gasteiger partial charge in [-0.2, -0.15) is 0 Å². The normalized spacial score (nSPS) is 26.8. The van der Waals surface area contributed by atoms with Gasteiger partial charge in [-0.3, -0.25) is 9.59 Å². The second-order valence-corrected chi connectivity index (χ2v) is 10.8. The van der Waals surface area contributed by atoms with Crippen molar-refractivity contribution >= 4 is 29.7 Å². The average molecular weight is 493 g/mol. The van der Waals surface area contributed by atoms with E-state index >= 15 is 0 Å². The monoisotopic (exact) mass is 492 g/mol. The first kappa shape index (κ1) is 23.8. The Morgan fingerprint density at radius 1 is 1.09 bits per heavy atom. The topological polar surface area (TPSA) is 76.7 Å². The number of rotatable bonds is 5. The first-order valence-electron chi connectivity index (χ1n) is 12.3. The first-order chi connectivity index (χ1) is 17.1. The van der Waals surface area contributed by atoms with Crippen molar-refractivity contribution in [2.45, 2.75) is 55.9 Å². The lowest BCUT2D eigenvalue weighted by molar-refractivity contribution is -0.128. The minimum atomic E-state index is -0.0756. The summed E-state index contributed by atoms with van der Waals surface area (Å²) in [6.07, 6.45) is 7.49. The van der Waals surface area contributed by atoms with Crippen molar-refractivity contribution in [3.05, 3.63) is 64.1 Å². The van der Waals surface area contributed by atoms with Crippen LogP contribution in [0.1, 0.15) is 54.8 Å². The molecule has 2 aromatic rings. The van der Waals surface area contributed by atoms with E-state index in [2.05, 4.69) is 34.9 Å². The van der Waals surface area contributed by atoms with Crippen LogP contribution in [0.4, 0.5) is 0 Å². The number of hydrogen-bond acceptors (Lipinski definition) is 5. The van der Waals surface area contributed by atoms with E-state index in [-0.39, 0.29) is 35.1 Å². The van der Waals surface area contributed by atoms with E-state index in [1.807, 2.05) is 24.3 Å². The van der Waals surface area contributed by atoms with Gasteiger partial charge in [-0.25, -0.2) is 0 Å². The molecule has 2 N–H and O–H groups in total. The van der Waals surface area contributed by atoms with E-state index < -0.39 is 0 Å². The van der Waals surface area contributed by atoms with Gasteiger partial charge < -0.3 is 20.1 Å². The summed E-state index contributed by atoms with van der Waals surface area (Å²) < 4.78 is 10.7. The second kappa shape index (κ2) is 10.4. The zero-order chi connectivity index (χ0) is 24.4. The molecule has 2 aliphatic carbocycles. The van der Waals surface area contributed by atoms with Crippen molar-refractivity contribution < 1.29 is 19.1 Å². The fraction of sp³-hybridized carbons (Fsp3) is 0.429. The number of hydrogen-bond donors (Lipinski definition) is 2. The SMILES string of the molecule is COc1ccc(/C=C2/SC3CCC(C(=O)NC4CCCc5ccccc54)CC3NC2=O)cc1OC. The van der Waals surface area contributed by atoms with Crippen LogP contribution in [0.3, 0.4) is 0 Å². The number of ether oxygens (including phenoxy) is 2. The Bertz CT molecular complexity index is 1150. The van der Waals surface area contributed by atoms with Crippen LogP contribution in [0.15, 0.2) is 47.4 Å². The Balaban J connectivity index is 1.23. The van der Waals surface area contributed by atoms with Crippen molar-refractivity contribution in [1.29, 1.82) is 0 Å². The van der Waals surface area contributed by atoms with Crippen molar-refractivity contribution in [2.24, 2.45) is 5.92 Å². The van der Waals surface area contributed by atoms with Crippen molar-refractivity contribution in [2.75, 3.05) is 14.2 Å². The zero-order valence-electron chi connectivity index (χ0n) is 20.2. The molecule has 1 saturated heterocycles. The molecular weight excluding hydrogens is 460 g/mol. The predicted molar refractivity (Wildman–Crippen MR) is 138 cm³/mol. The molecule has 0 bridgehead atoms. The zero-order valence-corrected chi connectivity index (χ0v) is 21.0. The molecule has 6 nitrogen and oxygen atoms in total. The molecule has 35 heavy (non-hydrogen) atoms. The lowest BCUT2D eigenvalue weighted by atomic mass is 9.83. The molecule has 7 heteroatoms. The number of nitrogens with one attached hydrogen (secondary N) is 2. The third kappa shape index (κ3) is 5.06. The van der Waals surface area contributed by atoms with Crippen LogP contribution < -0.4 is 20.1 Å². The van der Waals surface area contributed by atoms with Gasteiger partial charge in [0.15, 0.2) is 11.5 Å². The molecule has 0 aromatic heterocycles. The number of thioether (sulfide) groups is 1. The summed E-state index contributed by atoms with van der Waals surface area (Å²) in [6.45, 7) is 0. The summed E-state index contributed by atoms with van der Waals surface area (Å²) in [7, 11) is 3.20. The molecule has 2 aromatic carbocycles. The molecule has 5 rings (SSSR count). The summed E-state index contributed by atoms with van der Waals surface area (Å²) >= 11 is 1.63. The summed E-state index contributed by atoms with van der Waals surface area (Å²) in [4.78, 5) is 26.8. The van der Waals surface area contributed by atoms with Gasteiger partial charge in [-0.15, -0.1) is 11.8 Å². The summed E-state index contributed by atoms with van der Waals surface area (Å²) in [5.41, 5.74) is 3.49. The number of amides is 2. The highest BCUT2D eigenvalue weighted by Gasteiger charge is 2.40. The van der Waals surface area contributed by atoms with E-state index in [0.29, 0.717) is 22.8 Å². The lowest BCUT2D eigenvalue weighted by Gasteiger charge is -2.39. The van der Waals surface area contributed by atoms with E-state index in [0.717, 1.165) is 37.7 Å². The highest BCUT2D eigenvalue weighted by atomic mass is 32.2. The van der Waals surface area contributed by atoms with Gasteiger partial charge in [-0.05, 0) is 73.4 Å². The fourth-order valence-corrected chi connectivity index (χ4v) is 6.81. The smallest absolute Gasteiger partial charge is 0.257 e. The Morgan fingerprint density at radius 2 is 1.91 bits per heavy atom. The quantitative estimate of drug-likeness (QED) is 0.595. The van der Waals surface area contributed by atoms with Crippen LogP contribution in [-0.4, -0.2) is 37.3 Å². The maximum Gasteiger partial charge on any atom is 0.257 e. The number of benzene rings is 2. The first-order valence-corrected chi connectivity index (χ1v) is 13.2. The lowest BCUT2D eigenvalue weighted by Crippen LogP contribution is -2.51. The number of fused-ring (bicyclic) bond motifs is 2. The Kier molecular flexibility index (Phi) is 7.04. The predicted octanol–water partition coefficient (Wildman–Crippen LogP) is 4.64.